The van der Waals surface area contributed by atoms with E-state index in [1.54, 1.807) is 0 Å². The monoisotopic (exact) mass is 444 g/mol. The van der Waals surface area contributed by atoms with E-state index in [2.05, 4.69) is 123 Å². The van der Waals surface area contributed by atoms with Gasteiger partial charge in [0.15, 0.2) is 0 Å². The molecule has 0 bridgehead atoms. The fraction of sp³-hybridized carbons (Fsp3) is 0.188. The predicted molar refractivity (Wildman–Crippen MR) is 146 cm³/mol. The fourth-order valence-electron chi connectivity index (χ4n) is 3.75. The van der Waals surface area contributed by atoms with E-state index in [0.29, 0.717) is 11.8 Å². The predicted octanol–water partition coefficient (Wildman–Crippen LogP) is 8.73. The van der Waals surface area contributed by atoms with Crippen molar-refractivity contribution in [2.45, 2.75) is 39.5 Å². The molecule has 2 aromatic heterocycles. The van der Waals surface area contributed by atoms with Crippen molar-refractivity contribution >= 4 is 24.3 Å². The van der Waals surface area contributed by atoms with Crippen molar-refractivity contribution in [3.63, 3.8) is 0 Å². The highest BCUT2D eigenvalue weighted by Gasteiger charge is 2.03. The molecule has 2 heteroatoms. The van der Waals surface area contributed by atoms with E-state index in [-0.39, 0.29) is 0 Å². The summed E-state index contributed by atoms with van der Waals surface area (Å²) in [4.78, 5) is 9.12. The van der Waals surface area contributed by atoms with Crippen LogP contribution in [0.3, 0.4) is 0 Å². The lowest BCUT2D eigenvalue weighted by Gasteiger charge is -2.05. The summed E-state index contributed by atoms with van der Waals surface area (Å²) in [6.07, 6.45) is 12.2. The van der Waals surface area contributed by atoms with Crippen LogP contribution in [0.25, 0.3) is 35.7 Å². The molecule has 0 aliphatic heterocycles. The molecule has 2 heterocycles. The molecule has 34 heavy (non-hydrogen) atoms. The van der Waals surface area contributed by atoms with Crippen LogP contribution in [0.15, 0.2) is 85.2 Å². The standard InChI is InChI=1S/C32H32N2/c1-23(2)29-13-9-25(10-14-29)5-7-27-17-19-33-31(21-27)32-22-28(18-20-34-32)8-6-26-11-15-30(16-12-26)24(3)4/h5-24H,1-4H3/b7-5+,8-6+. The highest BCUT2D eigenvalue weighted by atomic mass is 14.8. The smallest absolute Gasteiger partial charge is 0.0892 e. The number of hydrogen-bond donors (Lipinski definition) is 0. The van der Waals surface area contributed by atoms with Gasteiger partial charge in [0, 0.05) is 12.4 Å². The van der Waals surface area contributed by atoms with Crippen LogP contribution >= 0.6 is 0 Å². The first-order valence-electron chi connectivity index (χ1n) is 12.0. The number of hydrogen-bond acceptors (Lipinski definition) is 2. The largest absolute Gasteiger partial charge is 0.255 e. The number of pyridine rings is 2. The molecule has 0 amide bonds. The minimum atomic E-state index is 0.546. The lowest BCUT2D eigenvalue weighted by atomic mass is 10.0. The van der Waals surface area contributed by atoms with Crippen molar-refractivity contribution in [1.82, 2.24) is 9.97 Å². The van der Waals surface area contributed by atoms with Crippen LogP contribution < -0.4 is 0 Å². The van der Waals surface area contributed by atoms with Gasteiger partial charge in [-0.25, -0.2) is 0 Å². The van der Waals surface area contributed by atoms with Gasteiger partial charge < -0.3 is 0 Å². The molecule has 0 atom stereocenters. The summed E-state index contributed by atoms with van der Waals surface area (Å²) in [6.45, 7) is 8.86. The molecule has 170 valence electrons. The average molecular weight is 445 g/mol. The zero-order valence-corrected chi connectivity index (χ0v) is 20.4. The average Bonchev–Trinajstić information content (AvgIpc) is 2.87. The van der Waals surface area contributed by atoms with Crippen LogP contribution in [0.2, 0.25) is 0 Å². The Morgan fingerprint density at radius 1 is 0.471 bits per heavy atom. The molecule has 2 aromatic carbocycles. The van der Waals surface area contributed by atoms with Crippen LogP contribution in [0.1, 0.15) is 72.9 Å². The summed E-state index contributed by atoms with van der Waals surface area (Å²) in [6, 6.07) is 25.7. The fourth-order valence-corrected chi connectivity index (χ4v) is 3.75. The summed E-state index contributed by atoms with van der Waals surface area (Å²) in [5, 5.41) is 0. The molecule has 0 N–H and O–H groups in total. The van der Waals surface area contributed by atoms with E-state index < -0.39 is 0 Å². The molecule has 0 saturated carbocycles. The molecule has 2 nitrogen and oxygen atoms in total. The summed E-state index contributed by atoms with van der Waals surface area (Å²) >= 11 is 0. The Morgan fingerprint density at radius 2 is 0.824 bits per heavy atom. The Morgan fingerprint density at radius 3 is 1.18 bits per heavy atom. The first-order valence-corrected chi connectivity index (χ1v) is 12.0. The van der Waals surface area contributed by atoms with Gasteiger partial charge in [0.25, 0.3) is 0 Å². The minimum Gasteiger partial charge on any atom is -0.255 e. The van der Waals surface area contributed by atoms with Gasteiger partial charge in [-0.1, -0.05) is 101 Å². The molecule has 0 aliphatic rings. The first-order chi connectivity index (χ1) is 16.5. The Labute approximate surface area is 203 Å². The second kappa shape index (κ2) is 10.9. The van der Waals surface area contributed by atoms with Crippen LogP contribution in [-0.4, -0.2) is 9.97 Å². The first kappa shape index (κ1) is 23.4. The van der Waals surface area contributed by atoms with Crippen molar-refractivity contribution < 1.29 is 0 Å². The third-order valence-corrected chi connectivity index (χ3v) is 5.97. The third kappa shape index (κ3) is 6.17. The maximum atomic E-state index is 4.56. The number of nitrogens with zero attached hydrogens (tertiary/aromatic N) is 2. The van der Waals surface area contributed by atoms with E-state index >= 15 is 0 Å². The highest BCUT2D eigenvalue weighted by molar-refractivity contribution is 5.74. The van der Waals surface area contributed by atoms with Gasteiger partial charge in [0.05, 0.1) is 11.4 Å². The van der Waals surface area contributed by atoms with Gasteiger partial charge in [-0.3, -0.25) is 9.97 Å². The van der Waals surface area contributed by atoms with Gasteiger partial charge in [-0.15, -0.1) is 0 Å². The molecule has 0 fully saturated rings. The summed E-state index contributed by atoms with van der Waals surface area (Å²) in [7, 11) is 0. The lowest BCUT2D eigenvalue weighted by molar-refractivity contribution is 0.866. The van der Waals surface area contributed by atoms with Crippen LogP contribution in [0.4, 0.5) is 0 Å². The molecular weight excluding hydrogens is 412 g/mol. The highest BCUT2D eigenvalue weighted by Crippen LogP contribution is 2.21. The van der Waals surface area contributed by atoms with Crippen LogP contribution in [-0.2, 0) is 0 Å². The maximum absolute atomic E-state index is 4.56. The van der Waals surface area contributed by atoms with Crippen molar-refractivity contribution in [1.29, 1.82) is 0 Å². The second-order valence-electron chi connectivity index (χ2n) is 9.26. The van der Waals surface area contributed by atoms with Crippen LogP contribution in [0.5, 0.6) is 0 Å². The minimum absolute atomic E-state index is 0.546. The van der Waals surface area contributed by atoms with Crippen molar-refractivity contribution in [2.75, 3.05) is 0 Å². The molecule has 0 spiro atoms. The van der Waals surface area contributed by atoms with Gasteiger partial charge in [-0.2, -0.15) is 0 Å². The van der Waals surface area contributed by atoms with Crippen molar-refractivity contribution in [3.05, 3.63) is 119 Å². The number of benzene rings is 2. The van der Waals surface area contributed by atoms with Gasteiger partial charge in [-0.05, 0) is 69.5 Å². The van der Waals surface area contributed by atoms with E-state index in [4.69, 9.17) is 0 Å². The van der Waals surface area contributed by atoms with E-state index in [1.165, 1.54) is 22.3 Å². The summed E-state index contributed by atoms with van der Waals surface area (Å²) < 4.78 is 0. The van der Waals surface area contributed by atoms with E-state index in [9.17, 15) is 0 Å². The summed E-state index contributed by atoms with van der Waals surface area (Å²) in [5.74, 6) is 1.09. The van der Waals surface area contributed by atoms with Crippen molar-refractivity contribution in [3.8, 4) is 11.4 Å². The number of aromatic nitrogens is 2. The summed E-state index contributed by atoms with van der Waals surface area (Å²) in [5.41, 5.74) is 9.04. The van der Waals surface area contributed by atoms with E-state index in [1.807, 2.05) is 24.5 Å². The normalized spacial score (nSPS) is 11.8. The zero-order valence-electron chi connectivity index (χ0n) is 20.4. The third-order valence-electron chi connectivity index (χ3n) is 5.97. The Balaban J connectivity index is 1.49. The molecular formula is C32H32N2. The van der Waals surface area contributed by atoms with Gasteiger partial charge in [0.1, 0.15) is 0 Å². The molecule has 4 aromatic rings. The molecule has 4 rings (SSSR count). The Kier molecular flexibility index (Phi) is 7.49. The second-order valence-corrected chi connectivity index (χ2v) is 9.26. The topological polar surface area (TPSA) is 25.8 Å². The number of rotatable bonds is 7. The molecule has 0 radical (unpaired) electrons. The zero-order chi connectivity index (χ0) is 23.9. The van der Waals surface area contributed by atoms with Crippen molar-refractivity contribution in [2.24, 2.45) is 0 Å². The van der Waals surface area contributed by atoms with Gasteiger partial charge >= 0.3 is 0 Å². The molecule has 0 saturated heterocycles. The van der Waals surface area contributed by atoms with Gasteiger partial charge in [0.2, 0.25) is 0 Å². The Bertz CT molecular complexity index is 1170. The van der Waals surface area contributed by atoms with E-state index in [0.717, 1.165) is 22.5 Å². The molecule has 0 aliphatic carbocycles. The SMILES string of the molecule is CC(C)c1ccc(/C=C/c2ccnc(-c3cc(/C=C/c4ccc(C(C)C)cc4)ccn3)c2)cc1. The lowest BCUT2D eigenvalue weighted by Crippen LogP contribution is -1.89. The maximum Gasteiger partial charge on any atom is 0.0892 e. The Hall–Kier alpha value is -3.78. The quantitative estimate of drug-likeness (QED) is 0.285. The molecule has 0 unspecified atom stereocenters. The van der Waals surface area contributed by atoms with Crippen LogP contribution in [0, 0.1) is 0 Å².